The Morgan fingerprint density at radius 2 is 2.31 bits per heavy atom. The second-order valence-corrected chi connectivity index (χ2v) is 4.77. The van der Waals surface area contributed by atoms with Crippen LogP contribution in [0.4, 0.5) is 5.69 Å². The van der Waals surface area contributed by atoms with Crippen LogP contribution >= 0.6 is 27.5 Å². The fourth-order valence-electron chi connectivity index (χ4n) is 1.24. The van der Waals surface area contributed by atoms with Gasteiger partial charge in [-0.25, -0.2) is 0 Å². The maximum absolute atomic E-state index is 11.7. The van der Waals surface area contributed by atoms with E-state index in [1.807, 2.05) is 6.92 Å². The van der Waals surface area contributed by atoms with Crippen LogP contribution in [0.25, 0.3) is 0 Å². The highest BCUT2D eigenvalue weighted by Gasteiger charge is 2.13. The van der Waals surface area contributed by atoms with Crippen LogP contribution < -0.4 is 11.1 Å². The number of benzene rings is 1. The number of amides is 1. The van der Waals surface area contributed by atoms with Gasteiger partial charge in [-0.2, -0.15) is 0 Å². The molecule has 1 rings (SSSR count). The lowest BCUT2D eigenvalue weighted by atomic mass is 10.1. The summed E-state index contributed by atoms with van der Waals surface area (Å²) in [5, 5.41) is 3.38. The second-order valence-electron chi connectivity index (χ2n) is 3.57. The Bertz CT molecular complexity index is 384. The number of anilines is 1. The van der Waals surface area contributed by atoms with Gasteiger partial charge in [0.25, 0.3) is 0 Å². The Morgan fingerprint density at radius 3 is 2.94 bits per heavy atom. The molecule has 1 aromatic rings. The third-order valence-electron chi connectivity index (χ3n) is 2.26. The highest BCUT2D eigenvalue weighted by atomic mass is 79.9. The molecule has 0 aliphatic heterocycles. The van der Waals surface area contributed by atoms with E-state index >= 15 is 0 Å². The molecule has 0 spiro atoms. The van der Waals surface area contributed by atoms with Crippen LogP contribution in [0.15, 0.2) is 22.7 Å². The highest BCUT2D eigenvalue weighted by molar-refractivity contribution is 9.10. The van der Waals surface area contributed by atoms with Crippen LogP contribution in [0.5, 0.6) is 0 Å². The molecule has 0 radical (unpaired) electrons. The molecular formula is C11H14BrClN2O. The summed E-state index contributed by atoms with van der Waals surface area (Å²) in [5.41, 5.74) is 6.09. The molecule has 0 aliphatic carbocycles. The Labute approximate surface area is 108 Å². The van der Waals surface area contributed by atoms with Gasteiger partial charge in [0, 0.05) is 5.92 Å². The van der Waals surface area contributed by atoms with Gasteiger partial charge in [0.15, 0.2) is 0 Å². The lowest BCUT2D eigenvalue weighted by molar-refractivity contribution is -0.119. The first kappa shape index (κ1) is 13.5. The molecule has 0 aromatic heterocycles. The Morgan fingerprint density at radius 1 is 1.62 bits per heavy atom. The van der Waals surface area contributed by atoms with Gasteiger partial charge in [0.2, 0.25) is 5.91 Å². The van der Waals surface area contributed by atoms with Crippen LogP contribution in [0.1, 0.15) is 13.3 Å². The second kappa shape index (κ2) is 6.23. The van der Waals surface area contributed by atoms with Crippen LogP contribution in [0.3, 0.4) is 0 Å². The van der Waals surface area contributed by atoms with E-state index < -0.39 is 0 Å². The monoisotopic (exact) mass is 304 g/mol. The van der Waals surface area contributed by atoms with E-state index in [4.69, 9.17) is 17.3 Å². The molecule has 5 heteroatoms. The zero-order valence-corrected chi connectivity index (χ0v) is 11.3. The molecule has 1 aromatic carbocycles. The van der Waals surface area contributed by atoms with Gasteiger partial charge in [0.1, 0.15) is 0 Å². The minimum atomic E-state index is -0.101. The Hall–Kier alpha value is -0.580. The molecule has 0 saturated heterocycles. The number of nitrogens with one attached hydrogen (secondary N) is 1. The zero-order valence-electron chi connectivity index (χ0n) is 8.97. The number of hydrogen-bond donors (Lipinski definition) is 2. The fraction of sp³-hybridized carbons (Fsp3) is 0.364. The molecule has 16 heavy (non-hydrogen) atoms. The van der Waals surface area contributed by atoms with E-state index in [-0.39, 0.29) is 11.8 Å². The summed E-state index contributed by atoms with van der Waals surface area (Å²) in [4.78, 5) is 11.7. The van der Waals surface area contributed by atoms with Crippen molar-refractivity contribution in [1.82, 2.24) is 0 Å². The smallest absolute Gasteiger partial charge is 0.227 e. The molecule has 88 valence electrons. The Balaban J connectivity index is 2.73. The van der Waals surface area contributed by atoms with E-state index in [1.165, 1.54) is 0 Å². The molecule has 1 amide bonds. The molecule has 0 aliphatic rings. The molecule has 1 unspecified atom stereocenters. The van der Waals surface area contributed by atoms with Gasteiger partial charge in [0.05, 0.1) is 15.2 Å². The van der Waals surface area contributed by atoms with E-state index in [2.05, 4.69) is 21.2 Å². The van der Waals surface area contributed by atoms with Crippen molar-refractivity contribution in [1.29, 1.82) is 0 Å². The molecule has 3 nitrogen and oxygen atoms in total. The van der Waals surface area contributed by atoms with Gasteiger partial charge in [-0.3, -0.25) is 4.79 Å². The molecule has 3 N–H and O–H groups in total. The number of hydrogen-bond acceptors (Lipinski definition) is 2. The van der Waals surface area contributed by atoms with Crippen LogP contribution in [0.2, 0.25) is 5.02 Å². The fourth-order valence-corrected chi connectivity index (χ4v) is 1.78. The van der Waals surface area contributed by atoms with Crippen molar-refractivity contribution in [2.75, 3.05) is 11.9 Å². The maximum Gasteiger partial charge on any atom is 0.227 e. The van der Waals surface area contributed by atoms with Gasteiger partial charge in [-0.15, -0.1) is 0 Å². The summed E-state index contributed by atoms with van der Waals surface area (Å²) in [7, 11) is 0. The van der Waals surface area contributed by atoms with Crippen molar-refractivity contribution in [3.63, 3.8) is 0 Å². The summed E-state index contributed by atoms with van der Waals surface area (Å²) in [6.07, 6.45) is 0.671. The average Bonchev–Trinajstić information content (AvgIpc) is 2.25. The van der Waals surface area contributed by atoms with E-state index in [9.17, 15) is 4.79 Å². The number of carbonyl (C=O) groups is 1. The van der Waals surface area contributed by atoms with Crippen molar-refractivity contribution < 1.29 is 4.79 Å². The molecular weight excluding hydrogens is 291 g/mol. The predicted molar refractivity (Wildman–Crippen MR) is 70.6 cm³/mol. The van der Waals surface area contributed by atoms with Crippen molar-refractivity contribution in [3.05, 3.63) is 27.7 Å². The quantitative estimate of drug-likeness (QED) is 0.898. The molecule has 0 heterocycles. The van der Waals surface area contributed by atoms with Gasteiger partial charge in [-0.05, 0) is 41.0 Å². The summed E-state index contributed by atoms with van der Waals surface area (Å²) in [6, 6.07) is 5.34. The predicted octanol–water partition coefficient (Wildman–Crippen LogP) is 3.03. The first-order chi connectivity index (χ1) is 7.56. The maximum atomic E-state index is 11.7. The van der Waals surface area contributed by atoms with Gasteiger partial charge >= 0.3 is 0 Å². The SMILES string of the molecule is CC(CCN)C(=O)Nc1cccc(Cl)c1Br. The minimum Gasteiger partial charge on any atom is -0.330 e. The van der Waals surface area contributed by atoms with Crippen LogP contribution in [-0.2, 0) is 4.79 Å². The third kappa shape index (κ3) is 3.47. The van der Waals surface area contributed by atoms with Crippen molar-refractivity contribution >= 4 is 39.1 Å². The van der Waals surface area contributed by atoms with Crippen LogP contribution in [-0.4, -0.2) is 12.5 Å². The molecule has 0 saturated carbocycles. The van der Waals surface area contributed by atoms with Crippen molar-refractivity contribution in [2.45, 2.75) is 13.3 Å². The largest absolute Gasteiger partial charge is 0.330 e. The number of halogens is 2. The van der Waals surface area contributed by atoms with Crippen molar-refractivity contribution in [3.8, 4) is 0 Å². The lowest BCUT2D eigenvalue weighted by Crippen LogP contribution is -2.22. The Kier molecular flexibility index (Phi) is 5.25. The molecule has 1 atom stereocenters. The minimum absolute atomic E-state index is 0.0478. The average molecular weight is 306 g/mol. The molecule has 0 bridgehead atoms. The summed E-state index contributed by atoms with van der Waals surface area (Å²) >= 11 is 9.25. The third-order valence-corrected chi connectivity index (χ3v) is 3.65. The van der Waals surface area contributed by atoms with E-state index in [0.29, 0.717) is 28.1 Å². The molecule has 0 fully saturated rings. The van der Waals surface area contributed by atoms with Crippen molar-refractivity contribution in [2.24, 2.45) is 11.7 Å². The summed E-state index contributed by atoms with van der Waals surface area (Å²) in [6.45, 7) is 2.35. The first-order valence-electron chi connectivity index (χ1n) is 5.01. The first-order valence-corrected chi connectivity index (χ1v) is 6.18. The normalized spacial score (nSPS) is 12.2. The summed E-state index contributed by atoms with van der Waals surface area (Å²) in [5.74, 6) is -0.149. The van der Waals surface area contributed by atoms with E-state index in [0.717, 1.165) is 0 Å². The van der Waals surface area contributed by atoms with Crippen LogP contribution in [0, 0.1) is 5.92 Å². The number of nitrogens with two attached hydrogens (primary N) is 1. The van der Waals surface area contributed by atoms with E-state index in [1.54, 1.807) is 18.2 Å². The lowest BCUT2D eigenvalue weighted by Gasteiger charge is -2.12. The standard InChI is InChI=1S/C11H14BrClN2O/c1-7(5-6-14)11(16)15-9-4-2-3-8(13)10(9)12/h2-4,7H,5-6,14H2,1H3,(H,15,16). The van der Waals surface area contributed by atoms with Gasteiger partial charge in [-0.1, -0.05) is 24.6 Å². The number of rotatable bonds is 4. The number of carbonyl (C=O) groups excluding carboxylic acids is 1. The van der Waals surface area contributed by atoms with Gasteiger partial charge < -0.3 is 11.1 Å². The zero-order chi connectivity index (χ0) is 12.1. The topological polar surface area (TPSA) is 55.1 Å². The highest BCUT2D eigenvalue weighted by Crippen LogP contribution is 2.30. The summed E-state index contributed by atoms with van der Waals surface area (Å²) < 4.78 is 0.699.